The average molecular weight is 320 g/mol. The summed E-state index contributed by atoms with van der Waals surface area (Å²) in [7, 11) is -3.57. The van der Waals surface area contributed by atoms with Gasteiger partial charge in [0.25, 0.3) is 10.0 Å². The first-order valence-corrected chi connectivity index (χ1v) is 8.75. The van der Waals surface area contributed by atoms with E-state index in [9.17, 15) is 8.42 Å². The summed E-state index contributed by atoms with van der Waals surface area (Å²) in [6.45, 7) is 9.58. The predicted octanol–water partition coefficient (Wildman–Crippen LogP) is 2.93. The van der Waals surface area contributed by atoms with E-state index in [0.29, 0.717) is 11.3 Å². The van der Waals surface area contributed by atoms with Crippen molar-refractivity contribution in [1.82, 2.24) is 3.97 Å². The summed E-state index contributed by atoms with van der Waals surface area (Å²) in [6.07, 6.45) is 2.34. The molecule has 1 aromatic heterocycles. The van der Waals surface area contributed by atoms with Crippen molar-refractivity contribution < 1.29 is 8.42 Å². The van der Waals surface area contributed by atoms with Crippen molar-refractivity contribution in [2.45, 2.75) is 51.5 Å². The van der Waals surface area contributed by atoms with Crippen LogP contribution in [0.1, 0.15) is 36.2 Å². The monoisotopic (exact) mass is 320 g/mol. The van der Waals surface area contributed by atoms with Crippen LogP contribution < -0.4 is 5.73 Å². The van der Waals surface area contributed by atoms with Gasteiger partial charge in [-0.05, 0) is 64.3 Å². The topological polar surface area (TPSA) is 65.1 Å². The van der Waals surface area contributed by atoms with E-state index < -0.39 is 10.0 Å². The van der Waals surface area contributed by atoms with Gasteiger partial charge in [0.1, 0.15) is 0 Å². The van der Waals surface area contributed by atoms with Crippen LogP contribution in [0, 0.1) is 20.8 Å². The van der Waals surface area contributed by atoms with Crippen molar-refractivity contribution in [3.63, 3.8) is 0 Å². The van der Waals surface area contributed by atoms with E-state index in [2.05, 4.69) is 0 Å². The highest BCUT2D eigenvalue weighted by Gasteiger charge is 2.23. The van der Waals surface area contributed by atoms with E-state index >= 15 is 0 Å². The summed E-state index contributed by atoms with van der Waals surface area (Å²) in [6, 6.07) is 6.91. The quantitative estimate of drug-likeness (QED) is 0.942. The predicted molar refractivity (Wildman–Crippen MR) is 89.6 cm³/mol. The molecule has 0 aliphatic heterocycles. The second kappa shape index (κ2) is 5.56. The van der Waals surface area contributed by atoms with Crippen LogP contribution in [0.4, 0.5) is 0 Å². The second-order valence-electron chi connectivity index (χ2n) is 6.64. The molecule has 120 valence electrons. The van der Waals surface area contributed by atoms with E-state index in [1.54, 1.807) is 18.3 Å². The van der Waals surface area contributed by atoms with Crippen LogP contribution in [0.15, 0.2) is 35.4 Å². The lowest BCUT2D eigenvalue weighted by atomic mass is 9.95. The highest BCUT2D eigenvalue weighted by Crippen LogP contribution is 2.24. The minimum atomic E-state index is -3.57. The first-order valence-electron chi connectivity index (χ1n) is 7.31. The molecule has 4 nitrogen and oxygen atoms in total. The van der Waals surface area contributed by atoms with Crippen molar-refractivity contribution in [3.8, 4) is 0 Å². The first kappa shape index (κ1) is 16.8. The lowest BCUT2D eigenvalue weighted by Gasteiger charge is -2.17. The number of hydrogen-bond acceptors (Lipinski definition) is 3. The van der Waals surface area contributed by atoms with Crippen molar-refractivity contribution in [2.75, 3.05) is 0 Å². The number of hydrogen-bond donors (Lipinski definition) is 1. The largest absolute Gasteiger partial charge is 0.325 e. The Morgan fingerprint density at radius 3 is 2.14 bits per heavy atom. The van der Waals surface area contributed by atoms with Crippen molar-refractivity contribution in [3.05, 3.63) is 52.8 Å². The van der Waals surface area contributed by atoms with Crippen LogP contribution in [-0.2, 0) is 16.4 Å². The molecule has 0 atom stereocenters. The van der Waals surface area contributed by atoms with Crippen molar-refractivity contribution in [1.29, 1.82) is 0 Å². The summed E-state index contributed by atoms with van der Waals surface area (Å²) in [4.78, 5) is 0.301. The van der Waals surface area contributed by atoms with Gasteiger partial charge in [-0.15, -0.1) is 0 Å². The Labute approximate surface area is 133 Å². The minimum Gasteiger partial charge on any atom is -0.325 e. The van der Waals surface area contributed by atoms with Crippen LogP contribution >= 0.6 is 0 Å². The van der Waals surface area contributed by atoms with E-state index in [0.717, 1.165) is 22.4 Å². The summed E-state index contributed by atoms with van der Waals surface area (Å²) >= 11 is 0. The number of aromatic nitrogens is 1. The van der Waals surface area contributed by atoms with E-state index in [1.165, 1.54) is 3.97 Å². The van der Waals surface area contributed by atoms with Crippen LogP contribution in [-0.4, -0.2) is 17.9 Å². The first-order chi connectivity index (χ1) is 10.0. The average Bonchev–Trinajstić information content (AvgIpc) is 2.66. The highest BCUT2D eigenvalue weighted by atomic mass is 32.2. The normalized spacial score (nSPS) is 12.6. The van der Waals surface area contributed by atoms with Crippen LogP contribution in [0.25, 0.3) is 0 Å². The van der Waals surface area contributed by atoms with Crippen molar-refractivity contribution in [2.24, 2.45) is 5.73 Å². The molecular weight excluding hydrogens is 296 g/mol. The summed E-state index contributed by atoms with van der Waals surface area (Å²) < 4.78 is 27.0. The molecule has 2 rings (SSSR count). The molecule has 0 aliphatic carbocycles. The maximum Gasteiger partial charge on any atom is 0.267 e. The molecule has 0 saturated carbocycles. The Kier molecular flexibility index (Phi) is 4.24. The van der Waals surface area contributed by atoms with Crippen molar-refractivity contribution >= 4 is 10.0 Å². The molecule has 0 aliphatic rings. The van der Waals surface area contributed by atoms with Gasteiger partial charge in [-0.3, -0.25) is 0 Å². The van der Waals surface area contributed by atoms with Gasteiger partial charge in [0.05, 0.1) is 4.90 Å². The van der Waals surface area contributed by atoms with E-state index in [4.69, 9.17) is 5.73 Å². The molecule has 2 aromatic rings. The lowest BCUT2D eigenvalue weighted by molar-refractivity contribution is 0.515. The highest BCUT2D eigenvalue weighted by molar-refractivity contribution is 7.90. The number of aryl methyl sites for hydroxylation is 1. The fraction of sp³-hybridized carbons (Fsp3) is 0.412. The fourth-order valence-electron chi connectivity index (χ4n) is 2.48. The molecule has 0 fully saturated rings. The maximum absolute atomic E-state index is 12.8. The van der Waals surface area contributed by atoms with Gasteiger partial charge < -0.3 is 5.73 Å². The Morgan fingerprint density at radius 1 is 1.09 bits per heavy atom. The Bertz CT molecular complexity index is 779. The number of rotatable bonds is 4. The molecule has 1 aromatic carbocycles. The van der Waals surface area contributed by atoms with Gasteiger partial charge in [-0.25, -0.2) is 12.4 Å². The molecule has 1 heterocycles. The third kappa shape index (κ3) is 3.25. The molecule has 0 spiro atoms. The molecule has 0 bridgehead atoms. The molecule has 0 unspecified atom stereocenters. The summed E-state index contributed by atoms with van der Waals surface area (Å²) in [5.41, 5.74) is 9.42. The molecule has 2 N–H and O–H groups in total. The third-order valence-electron chi connectivity index (χ3n) is 3.85. The second-order valence-corrected chi connectivity index (χ2v) is 8.46. The molecular formula is C17H24N2O2S. The maximum atomic E-state index is 12.8. The molecule has 22 heavy (non-hydrogen) atoms. The Hall–Kier alpha value is -1.59. The zero-order chi connectivity index (χ0) is 16.7. The van der Waals surface area contributed by atoms with Gasteiger partial charge in [0.15, 0.2) is 0 Å². The van der Waals surface area contributed by atoms with E-state index in [-0.39, 0.29) is 5.54 Å². The zero-order valence-electron chi connectivity index (χ0n) is 13.8. The van der Waals surface area contributed by atoms with Crippen LogP contribution in [0.2, 0.25) is 0 Å². The smallest absolute Gasteiger partial charge is 0.267 e. The van der Waals surface area contributed by atoms with Gasteiger partial charge in [-0.2, -0.15) is 0 Å². The summed E-state index contributed by atoms with van der Waals surface area (Å²) in [5, 5.41) is 0. The minimum absolute atomic E-state index is 0.301. The number of nitrogens with two attached hydrogens (primary N) is 1. The van der Waals surface area contributed by atoms with Gasteiger partial charge in [0, 0.05) is 17.4 Å². The molecule has 0 amide bonds. The SMILES string of the molecule is Cc1ccc(S(=O)(=O)n2cc(CC(C)(C)N)c(C)c2C)cc1. The Balaban J connectivity index is 2.53. The van der Waals surface area contributed by atoms with E-state index in [1.807, 2.05) is 46.8 Å². The molecule has 0 saturated heterocycles. The number of nitrogens with zero attached hydrogens (tertiary/aromatic N) is 1. The van der Waals surface area contributed by atoms with Crippen LogP contribution in [0.3, 0.4) is 0 Å². The standard InChI is InChI=1S/C17H24N2O2S/c1-12-6-8-16(9-7-12)22(20,21)19-11-15(10-17(4,5)18)13(2)14(19)3/h6-9,11H,10,18H2,1-5H3. The molecule has 0 radical (unpaired) electrons. The summed E-state index contributed by atoms with van der Waals surface area (Å²) in [5.74, 6) is 0. The molecule has 5 heteroatoms. The lowest BCUT2D eigenvalue weighted by Crippen LogP contribution is -2.34. The third-order valence-corrected chi connectivity index (χ3v) is 5.62. The van der Waals surface area contributed by atoms with Gasteiger partial charge in [-0.1, -0.05) is 17.7 Å². The fourth-order valence-corrected chi connectivity index (χ4v) is 3.95. The number of benzene rings is 1. The Morgan fingerprint density at radius 2 is 1.64 bits per heavy atom. The van der Waals surface area contributed by atoms with Crippen LogP contribution in [0.5, 0.6) is 0 Å². The van der Waals surface area contributed by atoms with Gasteiger partial charge in [0.2, 0.25) is 0 Å². The zero-order valence-corrected chi connectivity index (χ0v) is 14.7. The van der Waals surface area contributed by atoms with Gasteiger partial charge >= 0.3 is 0 Å².